The fourth-order valence-electron chi connectivity index (χ4n) is 2.40. The van der Waals surface area contributed by atoms with E-state index in [4.69, 9.17) is 5.73 Å². The summed E-state index contributed by atoms with van der Waals surface area (Å²) in [6.45, 7) is 11.2. The number of carbonyl (C=O) groups excluding carboxylic acids is 1. The normalized spacial score (nSPS) is 14.3. The zero-order valence-corrected chi connectivity index (χ0v) is 13.0. The smallest absolute Gasteiger partial charge is 0.207 e. The molecule has 0 aliphatic heterocycles. The van der Waals surface area contributed by atoms with E-state index in [9.17, 15) is 4.79 Å². The summed E-state index contributed by atoms with van der Waals surface area (Å²) in [7, 11) is 0. The summed E-state index contributed by atoms with van der Waals surface area (Å²) in [4.78, 5) is 10.4. The average Bonchev–Trinajstić information content (AvgIpc) is 2.24. The first-order valence-corrected chi connectivity index (χ1v) is 7.10. The summed E-state index contributed by atoms with van der Waals surface area (Å²) in [5.74, 6) is 0.697. The van der Waals surface area contributed by atoms with Crippen LogP contribution in [0.15, 0.2) is 0 Å². The lowest BCUT2D eigenvalue weighted by atomic mass is 9.75. The Morgan fingerprint density at radius 2 is 1.78 bits per heavy atom. The quantitative estimate of drug-likeness (QED) is 0.355. The molecule has 0 saturated heterocycles. The highest BCUT2D eigenvalue weighted by Crippen LogP contribution is 2.32. The molecule has 4 N–H and O–H groups in total. The maximum atomic E-state index is 10.4. The number of nitrogens with two attached hydrogens (primary N) is 1. The molecule has 0 rings (SSSR count). The zero-order chi connectivity index (χ0) is 14.2. The van der Waals surface area contributed by atoms with Gasteiger partial charge in [0.25, 0.3) is 0 Å². The molecule has 4 nitrogen and oxygen atoms in total. The summed E-state index contributed by atoms with van der Waals surface area (Å²) in [5.41, 5.74) is 6.07. The molecule has 0 aliphatic rings. The summed E-state index contributed by atoms with van der Waals surface area (Å²) >= 11 is 4.16. The molecule has 0 radical (unpaired) electrons. The van der Waals surface area contributed by atoms with Gasteiger partial charge >= 0.3 is 0 Å². The molecule has 0 bridgehead atoms. The molecule has 0 spiro atoms. The molecule has 108 valence electrons. The van der Waals surface area contributed by atoms with Crippen molar-refractivity contribution in [1.82, 2.24) is 10.6 Å². The second kappa shape index (κ2) is 8.02. The van der Waals surface area contributed by atoms with E-state index in [1.165, 1.54) is 0 Å². The van der Waals surface area contributed by atoms with E-state index in [-0.39, 0.29) is 16.9 Å². The van der Waals surface area contributed by atoms with Crippen LogP contribution < -0.4 is 16.4 Å². The van der Waals surface area contributed by atoms with E-state index in [0.29, 0.717) is 12.3 Å². The van der Waals surface area contributed by atoms with Crippen molar-refractivity contribution in [1.29, 1.82) is 0 Å². The van der Waals surface area contributed by atoms with Crippen LogP contribution in [0, 0.1) is 10.8 Å². The number of nitrogens with one attached hydrogen (secondary N) is 2. The number of rotatable bonds is 10. The summed E-state index contributed by atoms with van der Waals surface area (Å²) in [6, 6.07) is 0.105. The van der Waals surface area contributed by atoms with Crippen molar-refractivity contribution in [2.75, 3.05) is 25.4 Å². The van der Waals surface area contributed by atoms with Crippen molar-refractivity contribution in [3.63, 3.8) is 0 Å². The predicted molar refractivity (Wildman–Crippen MR) is 80.9 cm³/mol. The van der Waals surface area contributed by atoms with Gasteiger partial charge in [-0.2, -0.15) is 12.6 Å². The molecular weight excluding hydrogens is 246 g/mol. The van der Waals surface area contributed by atoms with Gasteiger partial charge < -0.3 is 16.4 Å². The van der Waals surface area contributed by atoms with Gasteiger partial charge in [-0.05, 0) is 17.3 Å². The number of hydrogen-bond acceptors (Lipinski definition) is 4. The predicted octanol–water partition coefficient (Wildman–Crippen LogP) is 1.02. The Kier molecular flexibility index (Phi) is 7.90. The van der Waals surface area contributed by atoms with Gasteiger partial charge in [-0.1, -0.05) is 27.7 Å². The van der Waals surface area contributed by atoms with E-state index in [1.54, 1.807) is 0 Å². The molecule has 0 aromatic heterocycles. The van der Waals surface area contributed by atoms with E-state index in [1.807, 2.05) is 0 Å². The Labute approximate surface area is 117 Å². The summed E-state index contributed by atoms with van der Waals surface area (Å²) < 4.78 is 0. The minimum atomic E-state index is 0.0950. The first kappa shape index (κ1) is 17.7. The Hall–Kier alpha value is -0.260. The SMILES string of the molecule is CC(C)(CNC=O)CC(C)(C)CNCC(N)CS. The van der Waals surface area contributed by atoms with Crippen molar-refractivity contribution in [2.24, 2.45) is 16.6 Å². The van der Waals surface area contributed by atoms with Gasteiger partial charge in [0.1, 0.15) is 0 Å². The first-order chi connectivity index (χ1) is 8.22. The van der Waals surface area contributed by atoms with Crippen LogP contribution in [0.25, 0.3) is 0 Å². The number of hydrogen-bond donors (Lipinski definition) is 4. The van der Waals surface area contributed by atoms with Crippen molar-refractivity contribution < 1.29 is 4.79 Å². The van der Waals surface area contributed by atoms with Crippen LogP contribution in [-0.4, -0.2) is 37.8 Å². The molecule has 0 aliphatic carbocycles. The van der Waals surface area contributed by atoms with E-state index in [0.717, 1.165) is 25.9 Å². The van der Waals surface area contributed by atoms with Crippen LogP contribution >= 0.6 is 12.6 Å². The van der Waals surface area contributed by atoms with E-state index < -0.39 is 0 Å². The van der Waals surface area contributed by atoms with Crippen LogP contribution in [0.1, 0.15) is 34.1 Å². The molecule has 0 aromatic rings. The van der Waals surface area contributed by atoms with Gasteiger partial charge in [-0.3, -0.25) is 4.79 Å². The van der Waals surface area contributed by atoms with E-state index >= 15 is 0 Å². The fraction of sp³-hybridized carbons (Fsp3) is 0.923. The molecule has 1 unspecified atom stereocenters. The molecular formula is C13H29N3OS. The van der Waals surface area contributed by atoms with Gasteiger partial charge in [0, 0.05) is 31.4 Å². The second-order valence-corrected chi connectivity index (χ2v) is 6.94. The van der Waals surface area contributed by atoms with Gasteiger partial charge in [0.05, 0.1) is 0 Å². The van der Waals surface area contributed by atoms with Gasteiger partial charge in [0.2, 0.25) is 6.41 Å². The Bertz CT molecular complexity index is 244. The lowest BCUT2D eigenvalue weighted by Gasteiger charge is -2.35. The topological polar surface area (TPSA) is 67.2 Å². The minimum absolute atomic E-state index is 0.0950. The molecule has 0 heterocycles. The van der Waals surface area contributed by atoms with Crippen LogP contribution in [-0.2, 0) is 4.79 Å². The lowest BCUT2D eigenvalue weighted by molar-refractivity contribution is -0.110. The third-order valence-electron chi connectivity index (χ3n) is 2.87. The largest absolute Gasteiger partial charge is 0.358 e. The number of amides is 1. The van der Waals surface area contributed by atoms with Crippen molar-refractivity contribution >= 4 is 19.0 Å². The van der Waals surface area contributed by atoms with Crippen LogP contribution in [0.3, 0.4) is 0 Å². The Morgan fingerprint density at radius 3 is 2.28 bits per heavy atom. The second-order valence-electron chi connectivity index (χ2n) is 6.58. The fourth-order valence-corrected chi connectivity index (χ4v) is 2.53. The Morgan fingerprint density at radius 1 is 1.22 bits per heavy atom. The highest BCUT2D eigenvalue weighted by Gasteiger charge is 2.28. The molecule has 18 heavy (non-hydrogen) atoms. The van der Waals surface area contributed by atoms with Crippen LogP contribution in [0.2, 0.25) is 0 Å². The van der Waals surface area contributed by atoms with Crippen LogP contribution in [0.4, 0.5) is 0 Å². The number of carbonyl (C=O) groups is 1. The third-order valence-corrected chi connectivity index (χ3v) is 3.33. The number of thiol groups is 1. The van der Waals surface area contributed by atoms with Gasteiger partial charge in [-0.25, -0.2) is 0 Å². The minimum Gasteiger partial charge on any atom is -0.358 e. The van der Waals surface area contributed by atoms with E-state index in [2.05, 4.69) is 51.0 Å². The first-order valence-electron chi connectivity index (χ1n) is 6.47. The standard InChI is InChI=1S/C13H29N3OS/c1-12(2,8-15-5-11(14)6-18)7-13(3,4)9-16-10-17/h10-11,15,18H,5-9,14H2,1-4H3,(H,16,17). The molecule has 1 amide bonds. The summed E-state index contributed by atoms with van der Waals surface area (Å²) in [5, 5.41) is 6.15. The third kappa shape index (κ3) is 8.78. The molecule has 0 fully saturated rings. The molecule has 0 aromatic carbocycles. The highest BCUT2D eigenvalue weighted by atomic mass is 32.1. The molecule has 1 atom stereocenters. The molecule has 0 saturated carbocycles. The maximum absolute atomic E-state index is 10.4. The highest BCUT2D eigenvalue weighted by molar-refractivity contribution is 7.80. The van der Waals surface area contributed by atoms with Gasteiger partial charge in [0.15, 0.2) is 0 Å². The maximum Gasteiger partial charge on any atom is 0.207 e. The Balaban J connectivity index is 4.08. The van der Waals surface area contributed by atoms with Gasteiger partial charge in [-0.15, -0.1) is 0 Å². The zero-order valence-electron chi connectivity index (χ0n) is 12.1. The van der Waals surface area contributed by atoms with Crippen molar-refractivity contribution in [3.05, 3.63) is 0 Å². The van der Waals surface area contributed by atoms with Crippen molar-refractivity contribution in [2.45, 2.75) is 40.2 Å². The monoisotopic (exact) mass is 275 g/mol. The lowest BCUT2D eigenvalue weighted by Crippen LogP contribution is -2.42. The average molecular weight is 275 g/mol. The van der Waals surface area contributed by atoms with Crippen LogP contribution in [0.5, 0.6) is 0 Å². The van der Waals surface area contributed by atoms with Crippen molar-refractivity contribution in [3.8, 4) is 0 Å². The molecule has 5 heteroatoms. The summed E-state index contributed by atoms with van der Waals surface area (Å²) in [6.07, 6.45) is 1.79.